The van der Waals surface area contributed by atoms with Crippen LogP contribution in [0.5, 0.6) is 0 Å². The minimum atomic E-state index is -3.83. The average molecular weight is 405 g/mol. The summed E-state index contributed by atoms with van der Waals surface area (Å²) in [7, 11) is -2.28. The third-order valence-electron chi connectivity index (χ3n) is 4.24. The SMILES string of the molecule is COC[C@@H](C)NC(=O)CN(Cc1cccc(C)c1)S(=O)(=O)c1ccc(C)cc1. The molecule has 0 unspecified atom stereocenters. The van der Waals surface area contributed by atoms with Crippen molar-refractivity contribution in [2.45, 2.75) is 38.3 Å². The molecule has 2 aromatic rings. The zero-order valence-corrected chi connectivity index (χ0v) is 17.6. The molecule has 0 saturated heterocycles. The van der Waals surface area contributed by atoms with Crippen molar-refractivity contribution in [3.05, 3.63) is 65.2 Å². The number of rotatable bonds is 9. The number of ether oxygens (including phenoxy) is 1. The number of methoxy groups -OCH3 is 1. The molecule has 0 aliphatic rings. The topological polar surface area (TPSA) is 75.7 Å². The predicted octanol–water partition coefficient (Wildman–Crippen LogP) is 2.65. The molecule has 1 N–H and O–H groups in total. The second-order valence-electron chi connectivity index (χ2n) is 7.00. The van der Waals surface area contributed by atoms with E-state index in [4.69, 9.17) is 4.74 Å². The Balaban J connectivity index is 2.29. The highest BCUT2D eigenvalue weighted by Gasteiger charge is 2.27. The highest BCUT2D eigenvalue weighted by atomic mass is 32.2. The van der Waals surface area contributed by atoms with E-state index in [1.807, 2.05) is 38.1 Å². The van der Waals surface area contributed by atoms with Gasteiger partial charge in [-0.15, -0.1) is 0 Å². The van der Waals surface area contributed by atoms with Gasteiger partial charge in [-0.3, -0.25) is 4.79 Å². The molecule has 1 atom stereocenters. The van der Waals surface area contributed by atoms with E-state index in [1.54, 1.807) is 38.3 Å². The van der Waals surface area contributed by atoms with E-state index >= 15 is 0 Å². The van der Waals surface area contributed by atoms with E-state index < -0.39 is 10.0 Å². The van der Waals surface area contributed by atoms with Crippen LogP contribution in [0.2, 0.25) is 0 Å². The van der Waals surface area contributed by atoms with E-state index in [0.717, 1.165) is 16.7 Å². The maximum Gasteiger partial charge on any atom is 0.243 e. The van der Waals surface area contributed by atoms with Gasteiger partial charge < -0.3 is 10.1 Å². The van der Waals surface area contributed by atoms with Crippen LogP contribution in [-0.2, 0) is 26.1 Å². The second kappa shape index (κ2) is 9.82. The van der Waals surface area contributed by atoms with Gasteiger partial charge in [0.15, 0.2) is 0 Å². The van der Waals surface area contributed by atoms with E-state index in [2.05, 4.69) is 5.32 Å². The maximum atomic E-state index is 13.2. The second-order valence-corrected chi connectivity index (χ2v) is 8.94. The van der Waals surface area contributed by atoms with Gasteiger partial charge >= 0.3 is 0 Å². The molecular formula is C21H28N2O4S. The van der Waals surface area contributed by atoms with Crippen LogP contribution in [0, 0.1) is 13.8 Å². The lowest BCUT2D eigenvalue weighted by Crippen LogP contribution is -2.44. The highest BCUT2D eigenvalue weighted by molar-refractivity contribution is 7.89. The van der Waals surface area contributed by atoms with E-state index in [0.29, 0.717) is 6.61 Å². The molecule has 1 amide bonds. The summed E-state index contributed by atoms with van der Waals surface area (Å²) >= 11 is 0. The predicted molar refractivity (Wildman–Crippen MR) is 109 cm³/mol. The van der Waals surface area contributed by atoms with Crippen molar-refractivity contribution in [1.29, 1.82) is 0 Å². The van der Waals surface area contributed by atoms with Crippen LogP contribution in [0.1, 0.15) is 23.6 Å². The minimum absolute atomic E-state index is 0.115. The van der Waals surface area contributed by atoms with Crippen LogP contribution in [0.3, 0.4) is 0 Å². The molecule has 0 spiro atoms. The molecule has 0 bridgehead atoms. The number of amides is 1. The first-order valence-electron chi connectivity index (χ1n) is 9.13. The van der Waals surface area contributed by atoms with Gasteiger partial charge in [0, 0.05) is 19.7 Å². The van der Waals surface area contributed by atoms with Crippen LogP contribution in [0.4, 0.5) is 0 Å². The van der Waals surface area contributed by atoms with Gasteiger partial charge in [0.05, 0.1) is 18.0 Å². The Labute approximate surface area is 167 Å². The fraction of sp³-hybridized carbons (Fsp3) is 0.381. The summed E-state index contributed by atoms with van der Waals surface area (Å²) in [5.74, 6) is -0.368. The average Bonchev–Trinajstić information content (AvgIpc) is 2.61. The Kier molecular flexibility index (Phi) is 7.74. The molecule has 0 aromatic heterocycles. The Hall–Kier alpha value is -2.22. The Morgan fingerprint density at radius 3 is 2.39 bits per heavy atom. The summed E-state index contributed by atoms with van der Waals surface area (Å²) in [6.45, 7) is 5.85. The van der Waals surface area contributed by atoms with E-state index in [1.165, 1.54) is 4.31 Å². The lowest BCUT2D eigenvalue weighted by molar-refractivity contribution is -0.122. The van der Waals surface area contributed by atoms with Crippen LogP contribution < -0.4 is 5.32 Å². The fourth-order valence-corrected chi connectivity index (χ4v) is 4.26. The molecule has 6 nitrogen and oxygen atoms in total. The lowest BCUT2D eigenvalue weighted by atomic mass is 10.1. The molecular weight excluding hydrogens is 376 g/mol. The molecule has 28 heavy (non-hydrogen) atoms. The van der Waals surface area contributed by atoms with E-state index in [9.17, 15) is 13.2 Å². The number of nitrogens with zero attached hydrogens (tertiary/aromatic N) is 1. The van der Waals surface area contributed by atoms with Crippen LogP contribution in [0.15, 0.2) is 53.4 Å². The van der Waals surface area contributed by atoms with Gasteiger partial charge in [0.2, 0.25) is 15.9 Å². The normalized spacial score (nSPS) is 12.8. The molecule has 0 fully saturated rings. The minimum Gasteiger partial charge on any atom is -0.383 e. The largest absolute Gasteiger partial charge is 0.383 e. The molecule has 0 saturated carbocycles. The summed E-state index contributed by atoms with van der Waals surface area (Å²) in [4.78, 5) is 12.6. The van der Waals surface area contributed by atoms with Crippen molar-refractivity contribution >= 4 is 15.9 Å². The van der Waals surface area contributed by atoms with Gasteiger partial charge in [-0.25, -0.2) is 8.42 Å². The first-order chi connectivity index (χ1) is 13.2. The number of hydrogen-bond donors (Lipinski definition) is 1. The van der Waals surface area contributed by atoms with Gasteiger partial charge in [-0.2, -0.15) is 4.31 Å². The summed E-state index contributed by atoms with van der Waals surface area (Å²) in [6.07, 6.45) is 0. The maximum absolute atomic E-state index is 13.2. The molecule has 7 heteroatoms. The Bertz CT molecular complexity index is 895. The number of carbonyl (C=O) groups excluding carboxylic acids is 1. The van der Waals surface area contributed by atoms with Gasteiger partial charge in [-0.05, 0) is 38.5 Å². The molecule has 0 aliphatic heterocycles. The molecule has 0 radical (unpaired) electrons. The summed E-state index contributed by atoms with van der Waals surface area (Å²) in [5.41, 5.74) is 2.83. The zero-order valence-electron chi connectivity index (χ0n) is 16.8. The first kappa shape index (κ1) is 22.1. The number of sulfonamides is 1. The van der Waals surface area contributed by atoms with Crippen LogP contribution >= 0.6 is 0 Å². The number of carbonyl (C=O) groups is 1. The molecule has 0 aliphatic carbocycles. The Morgan fingerprint density at radius 1 is 1.11 bits per heavy atom. The third kappa shape index (κ3) is 6.15. The third-order valence-corrected chi connectivity index (χ3v) is 6.05. The van der Waals surface area contributed by atoms with E-state index in [-0.39, 0.29) is 29.9 Å². The van der Waals surface area contributed by atoms with Crippen molar-refractivity contribution in [3.63, 3.8) is 0 Å². The quantitative estimate of drug-likeness (QED) is 0.697. The number of nitrogens with one attached hydrogen (secondary N) is 1. The van der Waals surface area contributed by atoms with Crippen molar-refractivity contribution in [3.8, 4) is 0 Å². The highest BCUT2D eigenvalue weighted by Crippen LogP contribution is 2.19. The number of benzene rings is 2. The van der Waals surface area contributed by atoms with Crippen molar-refractivity contribution < 1.29 is 17.9 Å². The zero-order chi connectivity index (χ0) is 20.7. The lowest BCUT2D eigenvalue weighted by Gasteiger charge is -2.23. The molecule has 2 rings (SSSR count). The van der Waals surface area contributed by atoms with Crippen LogP contribution in [0.25, 0.3) is 0 Å². The summed E-state index contributed by atoms with van der Waals surface area (Å²) in [5, 5.41) is 2.77. The first-order valence-corrected chi connectivity index (χ1v) is 10.6. The number of hydrogen-bond acceptors (Lipinski definition) is 4. The fourth-order valence-electron chi connectivity index (χ4n) is 2.87. The standard InChI is InChI=1S/C21H28N2O4S/c1-16-8-10-20(11-9-16)28(25,26)23(13-19-7-5-6-17(2)12-19)14-21(24)22-18(3)15-27-4/h5-12,18H,13-15H2,1-4H3,(H,22,24)/t18-/m1/s1. The van der Waals surface area contributed by atoms with Crippen molar-refractivity contribution in [2.24, 2.45) is 0 Å². The van der Waals surface area contributed by atoms with Crippen molar-refractivity contribution in [2.75, 3.05) is 20.3 Å². The van der Waals surface area contributed by atoms with Crippen molar-refractivity contribution in [1.82, 2.24) is 9.62 Å². The number of aryl methyl sites for hydroxylation is 2. The monoisotopic (exact) mass is 404 g/mol. The summed E-state index contributed by atoms with van der Waals surface area (Å²) in [6, 6.07) is 14.0. The van der Waals surface area contributed by atoms with Gasteiger partial charge in [0.1, 0.15) is 0 Å². The molecule has 0 heterocycles. The van der Waals surface area contributed by atoms with Gasteiger partial charge in [-0.1, -0.05) is 47.5 Å². The summed E-state index contributed by atoms with van der Waals surface area (Å²) < 4.78 is 32.6. The smallest absolute Gasteiger partial charge is 0.243 e. The Morgan fingerprint density at radius 2 is 1.79 bits per heavy atom. The molecule has 2 aromatic carbocycles. The molecule has 152 valence electrons. The van der Waals surface area contributed by atoms with Crippen LogP contribution in [-0.4, -0.2) is 44.9 Å². The van der Waals surface area contributed by atoms with Gasteiger partial charge in [0.25, 0.3) is 0 Å².